The number of para-hydroxylation sites is 1. The van der Waals surface area contributed by atoms with Crippen molar-refractivity contribution in [2.24, 2.45) is 5.14 Å². The standard InChI is InChI=1S/C21H14ClNO4S/c22-17-7-3-1-5-15(17)19-20(24)16-6-2-4-8-18(16)27-21(19)13-9-11-14(12-10-13)28(23,25)26/h1-12H,(H2,23,25,26). The minimum Gasteiger partial charge on any atom is -0.455 e. The van der Waals surface area contributed by atoms with Crippen molar-refractivity contribution < 1.29 is 12.8 Å². The summed E-state index contributed by atoms with van der Waals surface area (Å²) in [5, 5.41) is 6.01. The van der Waals surface area contributed by atoms with Gasteiger partial charge in [0.25, 0.3) is 0 Å². The fourth-order valence-corrected chi connectivity index (χ4v) is 3.80. The van der Waals surface area contributed by atoms with Crippen molar-refractivity contribution in [1.82, 2.24) is 0 Å². The Morgan fingerprint density at radius 3 is 2.18 bits per heavy atom. The predicted molar refractivity (Wildman–Crippen MR) is 110 cm³/mol. The lowest BCUT2D eigenvalue weighted by molar-refractivity contribution is 0.597. The third-order valence-corrected chi connectivity index (χ3v) is 5.64. The fraction of sp³-hybridized carbons (Fsp3) is 0. The number of halogens is 1. The summed E-state index contributed by atoms with van der Waals surface area (Å²) in [6.45, 7) is 0. The molecule has 140 valence electrons. The minimum atomic E-state index is -3.83. The largest absolute Gasteiger partial charge is 0.455 e. The fourth-order valence-electron chi connectivity index (χ4n) is 3.05. The number of rotatable bonds is 3. The molecule has 0 atom stereocenters. The summed E-state index contributed by atoms with van der Waals surface area (Å²) in [4.78, 5) is 13.2. The molecule has 0 aliphatic rings. The van der Waals surface area contributed by atoms with Crippen LogP contribution < -0.4 is 10.6 Å². The summed E-state index contributed by atoms with van der Waals surface area (Å²) in [5.41, 5.74) is 1.58. The molecule has 5 nitrogen and oxygen atoms in total. The van der Waals surface area contributed by atoms with Crippen LogP contribution >= 0.6 is 11.6 Å². The molecule has 4 rings (SSSR count). The Labute approximate surface area is 166 Å². The Balaban J connectivity index is 2.06. The van der Waals surface area contributed by atoms with E-state index in [1.165, 1.54) is 12.1 Å². The summed E-state index contributed by atoms with van der Waals surface area (Å²) in [5.74, 6) is 0.303. The normalized spacial score (nSPS) is 11.6. The molecule has 0 fully saturated rings. The first kappa shape index (κ1) is 18.4. The highest BCUT2D eigenvalue weighted by Gasteiger charge is 2.20. The van der Waals surface area contributed by atoms with Crippen LogP contribution in [0.1, 0.15) is 0 Å². The molecule has 3 aromatic carbocycles. The number of benzene rings is 3. The smallest absolute Gasteiger partial charge is 0.238 e. The van der Waals surface area contributed by atoms with Gasteiger partial charge in [-0.1, -0.05) is 41.9 Å². The van der Waals surface area contributed by atoms with Gasteiger partial charge in [-0.05, 0) is 42.5 Å². The zero-order valence-corrected chi connectivity index (χ0v) is 16.0. The van der Waals surface area contributed by atoms with Gasteiger partial charge in [0.2, 0.25) is 15.5 Å². The summed E-state index contributed by atoms with van der Waals surface area (Å²) in [7, 11) is -3.83. The Kier molecular flexibility index (Phi) is 4.55. The molecule has 1 aromatic heterocycles. The van der Waals surface area contributed by atoms with E-state index in [0.29, 0.717) is 38.4 Å². The maximum absolute atomic E-state index is 13.3. The molecule has 0 aliphatic carbocycles. The Bertz CT molecular complexity index is 1360. The molecule has 7 heteroatoms. The number of nitrogens with two attached hydrogens (primary N) is 1. The van der Waals surface area contributed by atoms with E-state index in [2.05, 4.69) is 0 Å². The molecule has 2 N–H and O–H groups in total. The summed E-state index contributed by atoms with van der Waals surface area (Å²) in [6.07, 6.45) is 0. The quantitative estimate of drug-likeness (QED) is 0.540. The molecule has 0 radical (unpaired) electrons. The van der Waals surface area contributed by atoms with E-state index in [1.54, 1.807) is 60.7 Å². The average Bonchev–Trinajstić information content (AvgIpc) is 2.68. The van der Waals surface area contributed by atoms with Gasteiger partial charge in [-0.3, -0.25) is 4.79 Å². The zero-order chi connectivity index (χ0) is 19.9. The van der Waals surface area contributed by atoms with Gasteiger partial charge in [-0.15, -0.1) is 0 Å². The SMILES string of the molecule is NS(=O)(=O)c1ccc(-c2oc3ccccc3c(=O)c2-c2ccccc2Cl)cc1. The number of hydrogen-bond donors (Lipinski definition) is 1. The van der Waals surface area contributed by atoms with Crippen LogP contribution in [0.15, 0.2) is 86.9 Å². The van der Waals surface area contributed by atoms with Gasteiger partial charge in [-0.2, -0.15) is 0 Å². The molecule has 1 heterocycles. The molecule has 0 spiro atoms. The van der Waals surface area contributed by atoms with Crippen molar-refractivity contribution in [2.75, 3.05) is 0 Å². The van der Waals surface area contributed by atoms with Gasteiger partial charge < -0.3 is 4.42 Å². The molecule has 0 bridgehead atoms. The van der Waals surface area contributed by atoms with E-state index in [9.17, 15) is 13.2 Å². The lowest BCUT2D eigenvalue weighted by Gasteiger charge is -2.12. The third-order valence-electron chi connectivity index (χ3n) is 4.39. The molecule has 0 unspecified atom stereocenters. The van der Waals surface area contributed by atoms with Gasteiger partial charge in [-0.25, -0.2) is 13.6 Å². The van der Waals surface area contributed by atoms with E-state index in [4.69, 9.17) is 21.2 Å². The van der Waals surface area contributed by atoms with Crippen LogP contribution in [0, 0.1) is 0 Å². The maximum Gasteiger partial charge on any atom is 0.238 e. The minimum absolute atomic E-state index is 0.0290. The van der Waals surface area contributed by atoms with Gasteiger partial charge in [0.05, 0.1) is 15.8 Å². The Morgan fingerprint density at radius 1 is 0.857 bits per heavy atom. The van der Waals surface area contributed by atoms with Crippen LogP contribution in [-0.4, -0.2) is 8.42 Å². The zero-order valence-electron chi connectivity index (χ0n) is 14.4. The summed E-state index contributed by atoms with van der Waals surface area (Å²) in [6, 6.07) is 19.8. The topological polar surface area (TPSA) is 90.4 Å². The molecular formula is C21H14ClNO4S. The summed E-state index contributed by atoms with van der Waals surface area (Å²) >= 11 is 6.35. The highest BCUT2D eigenvalue weighted by molar-refractivity contribution is 7.89. The second-order valence-electron chi connectivity index (χ2n) is 6.18. The second-order valence-corrected chi connectivity index (χ2v) is 8.15. The first-order valence-electron chi connectivity index (χ1n) is 8.30. The number of sulfonamides is 1. The number of hydrogen-bond acceptors (Lipinski definition) is 4. The average molecular weight is 412 g/mol. The molecule has 0 aliphatic heterocycles. The van der Waals surface area contributed by atoms with E-state index in [1.807, 2.05) is 0 Å². The van der Waals surface area contributed by atoms with E-state index >= 15 is 0 Å². The molecule has 0 saturated carbocycles. The number of fused-ring (bicyclic) bond motifs is 1. The van der Waals surface area contributed by atoms with Crippen molar-refractivity contribution in [3.8, 4) is 22.5 Å². The Morgan fingerprint density at radius 2 is 1.50 bits per heavy atom. The van der Waals surface area contributed by atoms with Crippen molar-refractivity contribution in [1.29, 1.82) is 0 Å². The van der Waals surface area contributed by atoms with E-state index in [0.717, 1.165) is 0 Å². The third kappa shape index (κ3) is 3.22. The lowest BCUT2D eigenvalue weighted by Crippen LogP contribution is -2.12. The highest BCUT2D eigenvalue weighted by atomic mass is 35.5. The maximum atomic E-state index is 13.3. The van der Waals surface area contributed by atoms with Crippen LogP contribution in [0.3, 0.4) is 0 Å². The second kappa shape index (κ2) is 6.91. The molecular weight excluding hydrogens is 398 g/mol. The molecule has 28 heavy (non-hydrogen) atoms. The van der Waals surface area contributed by atoms with Gasteiger partial charge >= 0.3 is 0 Å². The first-order valence-corrected chi connectivity index (χ1v) is 10.2. The van der Waals surface area contributed by atoms with Gasteiger partial charge in [0.1, 0.15) is 11.3 Å². The molecule has 0 saturated heterocycles. The molecule has 0 amide bonds. The van der Waals surface area contributed by atoms with E-state index < -0.39 is 10.0 Å². The van der Waals surface area contributed by atoms with Crippen LogP contribution in [0.2, 0.25) is 5.02 Å². The van der Waals surface area contributed by atoms with Gasteiger partial charge in [0.15, 0.2) is 0 Å². The van der Waals surface area contributed by atoms with Crippen LogP contribution in [0.5, 0.6) is 0 Å². The Hall–Kier alpha value is -2.93. The predicted octanol–water partition coefficient (Wildman–Crippen LogP) is 4.43. The summed E-state index contributed by atoms with van der Waals surface area (Å²) < 4.78 is 29.1. The lowest BCUT2D eigenvalue weighted by atomic mass is 9.98. The highest BCUT2D eigenvalue weighted by Crippen LogP contribution is 2.36. The van der Waals surface area contributed by atoms with Crippen LogP contribution in [0.25, 0.3) is 33.4 Å². The van der Waals surface area contributed by atoms with Crippen molar-refractivity contribution in [3.63, 3.8) is 0 Å². The van der Waals surface area contributed by atoms with Gasteiger partial charge in [0, 0.05) is 16.1 Å². The number of primary sulfonamides is 1. The molecule has 4 aromatic rings. The van der Waals surface area contributed by atoms with Crippen LogP contribution in [-0.2, 0) is 10.0 Å². The van der Waals surface area contributed by atoms with Crippen molar-refractivity contribution in [2.45, 2.75) is 4.90 Å². The monoisotopic (exact) mass is 411 g/mol. The van der Waals surface area contributed by atoms with Crippen molar-refractivity contribution in [3.05, 3.63) is 88.0 Å². The van der Waals surface area contributed by atoms with Crippen molar-refractivity contribution >= 4 is 32.6 Å². The van der Waals surface area contributed by atoms with Crippen LogP contribution in [0.4, 0.5) is 0 Å². The van der Waals surface area contributed by atoms with E-state index in [-0.39, 0.29) is 10.3 Å². The first-order chi connectivity index (χ1) is 13.4.